The second kappa shape index (κ2) is 6.33. The van der Waals surface area contributed by atoms with Crippen LogP contribution in [0.3, 0.4) is 0 Å². The zero-order valence-corrected chi connectivity index (χ0v) is 8.96. The molecule has 0 aliphatic heterocycles. The molecule has 1 rings (SSSR count). The van der Waals surface area contributed by atoms with Gasteiger partial charge in [0.1, 0.15) is 0 Å². The number of aromatic nitrogens is 1. The van der Waals surface area contributed by atoms with Gasteiger partial charge in [0.2, 0.25) is 0 Å². The van der Waals surface area contributed by atoms with Crippen LogP contribution in [0.1, 0.15) is 25.3 Å². The zero-order chi connectivity index (χ0) is 10.2. The molecule has 0 unspecified atom stereocenters. The summed E-state index contributed by atoms with van der Waals surface area (Å²) in [5.41, 5.74) is 2.60. The molecule has 0 radical (unpaired) electrons. The van der Waals surface area contributed by atoms with Crippen molar-refractivity contribution in [2.75, 3.05) is 13.6 Å². The van der Waals surface area contributed by atoms with Crippen molar-refractivity contribution in [1.29, 1.82) is 0 Å². The fraction of sp³-hybridized carbons (Fsp3) is 0.417. The maximum atomic E-state index is 4.08. The molecule has 0 aliphatic rings. The van der Waals surface area contributed by atoms with Crippen LogP contribution in [0.25, 0.3) is 6.08 Å². The summed E-state index contributed by atoms with van der Waals surface area (Å²) in [7, 11) is 1.99. The van der Waals surface area contributed by atoms with Gasteiger partial charge in [-0.25, -0.2) is 0 Å². The Hall–Kier alpha value is -1.15. The van der Waals surface area contributed by atoms with Crippen LogP contribution in [0.2, 0.25) is 0 Å². The van der Waals surface area contributed by atoms with Gasteiger partial charge in [-0.05, 0) is 45.0 Å². The second-order valence-electron chi connectivity index (χ2n) is 3.48. The second-order valence-corrected chi connectivity index (χ2v) is 3.48. The van der Waals surface area contributed by atoms with Crippen molar-refractivity contribution < 1.29 is 0 Å². The van der Waals surface area contributed by atoms with Gasteiger partial charge in [0.05, 0.1) is 0 Å². The first-order valence-corrected chi connectivity index (χ1v) is 5.04. The molecule has 14 heavy (non-hydrogen) atoms. The molecular weight excluding hydrogens is 172 g/mol. The van der Waals surface area contributed by atoms with Gasteiger partial charge in [-0.3, -0.25) is 4.98 Å². The van der Waals surface area contributed by atoms with E-state index in [1.54, 1.807) is 6.20 Å². The van der Waals surface area contributed by atoms with Gasteiger partial charge in [-0.2, -0.15) is 0 Å². The molecule has 1 aromatic heterocycles. The summed E-state index contributed by atoms with van der Waals surface area (Å²) in [6, 6.07) is 4.04. The third-order valence-electron chi connectivity index (χ3n) is 2.10. The number of rotatable bonds is 5. The van der Waals surface area contributed by atoms with Gasteiger partial charge in [0, 0.05) is 12.4 Å². The van der Waals surface area contributed by atoms with Crippen LogP contribution in [-0.4, -0.2) is 18.6 Å². The molecular formula is C12H18N2. The first-order chi connectivity index (χ1) is 6.83. The van der Waals surface area contributed by atoms with Crippen LogP contribution in [0.15, 0.2) is 30.1 Å². The van der Waals surface area contributed by atoms with Crippen molar-refractivity contribution in [3.63, 3.8) is 0 Å². The number of hydrogen-bond donors (Lipinski definition) is 1. The molecule has 1 aromatic rings. The van der Waals surface area contributed by atoms with Crippen molar-refractivity contribution in [3.05, 3.63) is 35.7 Å². The Morgan fingerprint density at radius 3 is 3.07 bits per heavy atom. The fourth-order valence-corrected chi connectivity index (χ4v) is 1.36. The average molecular weight is 190 g/mol. The minimum atomic E-state index is 1.08. The highest BCUT2D eigenvalue weighted by atomic mass is 14.8. The van der Waals surface area contributed by atoms with Crippen LogP contribution in [0.4, 0.5) is 0 Å². The van der Waals surface area contributed by atoms with Crippen LogP contribution in [-0.2, 0) is 0 Å². The Labute approximate surface area is 86.1 Å². The highest BCUT2D eigenvalue weighted by Gasteiger charge is 1.91. The van der Waals surface area contributed by atoms with Crippen LogP contribution in [0.5, 0.6) is 0 Å². The molecule has 0 aromatic carbocycles. The summed E-state index contributed by atoms with van der Waals surface area (Å²) >= 11 is 0. The molecule has 0 bridgehead atoms. The molecule has 0 saturated carbocycles. The van der Waals surface area contributed by atoms with Gasteiger partial charge in [0.15, 0.2) is 0 Å². The van der Waals surface area contributed by atoms with E-state index in [1.165, 1.54) is 17.6 Å². The first kappa shape index (κ1) is 10.9. The summed E-state index contributed by atoms with van der Waals surface area (Å²) in [6.07, 6.45) is 8.23. The molecule has 1 N–H and O–H groups in total. The molecule has 0 aliphatic carbocycles. The maximum absolute atomic E-state index is 4.08. The summed E-state index contributed by atoms with van der Waals surface area (Å²) < 4.78 is 0. The van der Waals surface area contributed by atoms with Gasteiger partial charge < -0.3 is 5.32 Å². The predicted molar refractivity (Wildman–Crippen MR) is 61.0 cm³/mol. The number of pyridine rings is 1. The standard InChI is InChI=1S/C12H18N2/c1-11(5-3-7-13-2)9-12-6-4-8-14-10-12/h4,6,8-10,13H,3,5,7H2,1-2H3/b11-9-. The minimum Gasteiger partial charge on any atom is -0.320 e. The molecule has 2 heteroatoms. The maximum Gasteiger partial charge on any atom is 0.0340 e. The number of allylic oxidation sites excluding steroid dienone is 1. The summed E-state index contributed by atoms with van der Waals surface area (Å²) in [5, 5.41) is 3.15. The van der Waals surface area contributed by atoms with Crippen molar-refractivity contribution in [1.82, 2.24) is 10.3 Å². The number of nitrogens with one attached hydrogen (secondary N) is 1. The predicted octanol–water partition coefficient (Wildman–Crippen LogP) is 2.48. The molecule has 0 atom stereocenters. The third-order valence-corrected chi connectivity index (χ3v) is 2.10. The molecule has 0 saturated heterocycles. The largest absolute Gasteiger partial charge is 0.320 e. The van der Waals surface area contributed by atoms with E-state index < -0.39 is 0 Å². The van der Waals surface area contributed by atoms with Gasteiger partial charge >= 0.3 is 0 Å². The lowest BCUT2D eigenvalue weighted by atomic mass is 10.1. The topological polar surface area (TPSA) is 24.9 Å². The smallest absolute Gasteiger partial charge is 0.0340 e. The lowest BCUT2D eigenvalue weighted by Gasteiger charge is -2.01. The highest BCUT2D eigenvalue weighted by Crippen LogP contribution is 2.09. The van der Waals surface area contributed by atoms with E-state index in [9.17, 15) is 0 Å². The van der Waals surface area contributed by atoms with Crippen molar-refractivity contribution in [3.8, 4) is 0 Å². The van der Waals surface area contributed by atoms with Crippen molar-refractivity contribution >= 4 is 6.08 Å². The monoisotopic (exact) mass is 190 g/mol. The SMILES string of the molecule is CNCCC/C(C)=C\c1cccnc1. The van der Waals surface area contributed by atoms with Crippen molar-refractivity contribution in [2.24, 2.45) is 0 Å². The van der Waals surface area contributed by atoms with Crippen LogP contribution < -0.4 is 5.32 Å². The first-order valence-electron chi connectivity index (χ1n) is 5.04. The van der Waals surface area contributed by atoms with Crippen molar-refractivity contribution in [2.45, 2.75) is 19.8 Å². The summed E-state index contributed by atoms with van der Waals surface area (Å²) in [5.74, 6) is 0. The zero-order valence-electron chi connectivity index (χ0n) is 8.96. The van der Waals surface area contributed by atoms with E-state index >= 15 is 0 Å². The molecule has 1 heterocycles. The highest BCUT2D eigenvalue weighted by molar-refractivity contribution is 5.50. The number of hydrogen-bond acceptors (Lipinski definition) is 2. The molecule has 0 spiro atoms. The Morgan fingerprint density at radius 1 is 1.57 bits per heavy atom. The van der Waals surface area contributed by atoms with Gasteiger partial charge in [-0.15, -0.1) is 0 Å². The fourth-order valence-electron chi connectivity index (χ4n) is 1.36. The molecule has 76 valence electrons. The van der Waals surface area contributed by atoms with Crippen LogP contribution in [0, 0.1) is 0 Å². The molecule has 0 fully saturated rings. The lowest BCUT2D eigenvalue weighted by Crippen LogP contribution is -2.07. The Bertz CT molecular complexity index is 278. The Balaban J connectivity index is 2.43. The van der Waals surface area contributed by atoms with Gasteiger partial charge in [0.25, 0.3) is 0 Å². The third kappa shape index (κ3) is 4.19. The normalized spacial score (nSPS) is 11.7. The number of nitrogens with zero attached hydrogens (tertiary/aromatic N) is 1. The molecule has 0 amide bonds. The van der Waals surface area contributed by atoms with E-state index in [0.29, 0.717) is 0 Å². The summed E-state index contributed by atoms with van der Waals surface area (Å²) in [6.45, 7) is 3.25. The molecule has 2 nitrogen and oxygen atoms in total. The average Bonchev–Trinajstić information content (AvgIpc) is 2.20. The van der Waals surface area contributed by atoms with Gasteiger partial charge in [-0.1, -0.05) is 17.7 Å². The lowest BCUT2D eigenvalue weighted by molar-refractivity contribution is 0.722. The van der Waals surface area contributed by atoms with E-state index in [0.717, 1.165) is 13.0 Å². The van der Waals surface area contributed by atoms with E-state index in [4.69, 9.17) is 0 Å². The minimum absolute atomic E-state index is 1.08. The quantitative estimate of drug-likeness (QED) is 0.721. The van der Waals surface area contributed by atoms with Crippen LogP contribution >= 0.6 is 0 Å². The van der Waals surface area contributed by atoms with E-state index in [-0.39, 0.29) is 0 Å². The van der Waals surface area contributed by atoms with E-state index in [1.807, 2.05) is 19.3 Å². The van der Waals surface area contributed by atoms with E-state index in [2.05, 4.69) is 29.4 Å². The Morgan fingerprint density at radius 2 is 2.43 bits per heavy atom. The Kier molecular flexibility index (Phi) is 4.94. The summed E-state index contributed by atoms with van der Waals surface area (Å²) in [4.78, 5) is 4.08.